The summed E-state index contributed by atoms with van der Waals surface area (Å²) in [5.74, 6) is -1.26. The quantitative estimate of drug-likeness (QED) is 0.837. The van der Waals surface area contributed by atoms with Crippen LogP contribution in [-0.4, -0.2) is 37.3 Å². The highest BCUT2D eigenvalue weighted by Gasteiger charge is 2.31. The van der Waals surface area contributed by atoms with Gasteiger partial charge in [-0.15, -0.1) is 0 Å². The molecule has 4 nitrogen and oxygen atoms in total. The summed E-state index contributed by atoms with van der Waals surface area (Å²) >= 11 is 0. The number of benzene rings is 1. The molecule has 0 radical (unpaired) electrons. The van der Waals surface area contributed by atoms with E-state index < -0.39 is 21.5 Å². The van der Waals surface area contributed by atoms with E-state index in [1.165, 1.54) is 24.1 Å². The highest BCUT2D eigenvalue weighted by molar-refractivity contribution is 7.92. The maximum Gasteiger partial charge on any atom is 0.237 e. The fraction of sp³-hybridized carbons (Fsp3) is 0.533. The van der Waals surface area contributed by atoms with Gasteiger partial charge in [0.15, 0.2) is 9.84 Å². The number of sulfone groups is 1. The largest absolute Gasteiger partial charge is 0.341 e. The van der Waals surface area contributed by atoms with Gasteiger partial charge in [0.05, 0.1) is 5.25 Å². The predicted octanol–water partition coefficient (Wildman–Crippen LogP) is 2.14. The third kappa shape index (κ3) is 4.27. The molecule has 0 saturated heterocycles. The Hall–Kier alpha value is -1.43. The average Bonchev–Trinajstić information content (AvgIpc) is 2.92. The van der Waals surface area contributed by atoms with Crippen LogP contribution in [0.5, 0.6) is 0 Å². The molecule has 0 atom stereocenters. The van der Waals surface area contributed by atoms with Gasteiger partial charge in [0.2, 0.25) is 5.91 Å². The van der Waals surface area contributed by atoms with Crippen LogP contribution in [0.4, 0.5) is 4.39 Å². The van der Waals surface area contributed by atoms with Gasteiger partial charge in [-0.1, -0.05) is 25.0 Å². The van der Waals surface area contributed by atoms with Gasteiger partial charge in [0.1, 0.15) is 11.6 Å². The zero-order valence-electron chi connectivity index (χ0n) is 12.1. The summed E-state index contributed by atoms with van der Waals surface area (Å²) < 4.78 is 37.4. The Bertz CT molecular complexity index is 609. The van der Waals surface area contributed by atoms with E-state index in [1.54, 1.807) is 12.1 Å². The van der Waals surface area contributed by atoms with E-state index in [1.807, 2.05) is 0 Å². The second-order valence-corrected chi connectivity index (χ2v) is 7.87. The van der Waals surface area contributed by atoms with E-state index in [-0.39, 0.29) is 17.6 Å². The van der Waals surface area contributed by atoms with E-state index in [2.05, 4.69) is 0 Å². The van der Waals surface area contributed by atoms with Crippen molar-refractivity contribution < 1.29 is 17.6 Å². The molecule has 0 spiro atoms. The maximum absolute atomic E-state index is 13.1. The van der Waals surface area contributed by atoms with Crippen LogP contribution in [0.2, 0.25) is 0 Å². The Morgan fingerprint density at radius 3 is 2.62 bits per heavy atom. The molecule has 0 N–H and O–H groups in total. The minimum Gasteiger partial charge on any atom is -0.341 e. The molecule has 0 aliphatic heterocycles. The summed E-state index contributed by atoms with van der Waals surface area (Å²) in [5, 5.41) is -0.371. The first-order valence-electron chi connectivity index (χ1n) is 7.08. The Labute approximate surface area is 124 Å². The monoisotopic (exact) mass is 313 g/mol. The van der Waals surface area contributed by atoms with Crippen molar-refractivity contribution in [3.8, 4) is 0 Å². The van der Waals surface area contributed by atoms with Crippen molar-refractivity contribution >= 4 is 15.7 Å². The smallest absolute Gasteiger partial charge is 0.237 e. The molecule has 1 aliphatic carbocycles. The lowest BCUT2D eigenvalue weighted by Crippen LogP contribution is -2.35. The Balaban J connectivity index is 1.96. The van der Waals surface area contributed by atoms with Crippen LogP contribution in [0, 0.1) is 5.82 Å². The number of nitrogens with zero attached hydrogens (tertiary/aromatic N) is 1. The van der Waals surface area contributed by atoms with Crippen LogP contribution < -0.4 is 0 Å². The summed E-state index contributed by atoms with van der Waals surface area (Å²) in [4.78, 5) is 13.4. The van der Waals surface area contributed by atoms with E-state index >= 15 is 0 Å². The fourth-order valence-electron chi connectivity index (χ4n) is 2.64. The third-order valence-electron chi connectivity index (χ3n) is 3.87. The summed E-state index contributed by atoms with van der Waals surface area (Å²) in [5.41, 5.74) is 0.643. The zero-order chi connectivity index (χ0) is 15.5. The topological polar surface area (TPSA) is 54.5 Å². The molecule has 0 heterocycles. The number of carbonyl (C=O) groups excluding carboxylic acids is 1. The standard InChI is InChI=1S/C15H20FNO3S/c1-17(10-12-5-4-6-13(16)9-12)15(18)11-21(19,20)14-7-2-3-8-14/h4-6,9,14H,2-3,7-8,10-11H2,1H3. The van der Waals surface area contributed by atoms with E-state index in [0.29, 0.717) is 18.4 Å². The van der Waals surface area contributed by atoms with Crippen LogP contribution in [0.15, 0.2) is 24.3 Å². The molecule has 1 aliphatic rings. The second-order valence-electron chi connectivity index (χ2n) is 5.59. The molecule has 1 aromatic rings. The average molecular weight is 313 g/mol. The Kier molecular flexibility index (Phi) is 4.98. The molecule has 21 heavy (non-hydrogen) atoms. The molecule has 0 bridgehead atoms. The van der Waals surface area contributed by atoms with Crippen LogP contribution in [-0.2, 0) is 21.2 Å². The van der Waals surface area contributed by atoms with Gasteiger partial charge in [-0.2, -0.15) is 0 Å². The van der Waals surface area contributed by atoms with Crippen LogP contribution in [0.3, 0.4) is 0 Å². The first kappa shape index (κ1) is 15.9. The van der Waals surface area contributed by atoms with Gasteiger partial charge in [-0.05, 0) is 30.5 Å². The van der Waals surface area contributed by atoms with Crippen molar-refractivity contribution in [2.24, 2.45) is 0 Å². The van der Waals surface area contributed by atoms with E-state index in [4.69, 9.17) is 0 Å². The Morgan fingerprint density at radius 1 is 1.33 bits per heavy atom. The first-order chi connectivity index (χ1) is 9.88. The molecular weight excluding hydrogens is 293 g/mol. The maximum atomic E-state index is 13.1. The molecule has 1 amide bonds. The number of carbonyl (C=O) groups is 1. The molecule has 116 valence electrons. The summed E-state index contributed by atoms with van der Waals surface area (Å²) in [6, 6.07) is 5.95. The van der Waals surface area contributed by atoms with Crippen molar-refractivity contribution in [2.45, 2.75) is 37.5 Å². The minimum absolute atomic E-state index is 0.205. The number of hydrogen-bond acceptors (Lipinski definition) is 3. The van der Waals surface area contributed by atoms with Gasteiger partial charge in [0.25, 0.3) is 0 Å². The van der Waals surface area contributed by atoms with Gasteiger partial charge >= 0.3 is 0 Å². The SMILES string of the molecule is CN(Cc1cccc(F)c1)C(=O)CS(=O)(=O)C1CCCC1. The molecule has 1 aromatic carbocycles. The number of hydrogen-bond donors (Lipinski definition) is 0. The van der Waals surface area contributed by atoms with Crippen LogP contribution >= 0.6 is 0 Å². The van der Waals surface area contributed by atoms with Crippen LogP contribution in [0.25, 0.3) is 0 Å². The number of rotatable bonds is 5. The van der Waals surface area contributed by atoms with Crippen molar-refractivity contribution in [1.29, 1.82) is 0 Å². The third-order valence-corrected chi connectivity index (χ3v) is 6.01. The summed E-state index contributed by atoms with van der Waals surface area (Å²) in [7, 11) is -1.83. The lowest BCUT2D eigenvalue weighted by molar-refractivity contribution is -0.127. The predicted molar refractivity (Wildman–Crippen MR) is 78.9 cm³/mol. The summed E-state index contributed by atoms with van der Waals surface area (Å²) in [6.45, 7) is 0.205. The normalized spacial score (nSPS) is 16.1. The molecule has 1 saturated carbocycles. The van der Waals surface area contributed by atoms with Crippen LogP contribution in [0.1, 0.15) is 31.2 Å². The highest BCUT2D eigenvalue weighted by atomic mass is 32.2. The van der Waals surface area contributed by atoms with Gasteiger partial charge in [-0.3, -0.25) is 4.79 Å². The van der Waals surface area contributed by atoms with Gasteiger partial charge < -0.3 is 4.90 Å². The minimum atomic E-state index is -3.37. The number of halogens is 1. The lowest BCUT2D eigenvalue weighted by atomic mass is 10.2. The van der Waals surface area contributed by atoms with Gasteiger partial charge in [0, 0.05) is 13.6 Å². The van der Waals surface area contributed by atoms with E-state index in [0.717, 1.165) is 12.8 Å². The zero-order valence-corrected chi connectivity index (χ0v) is 12.9. The van der Waals surface area contributed by atoms with Crippen molar-refractivity contribution in [2.75, 3.05) is 12.8 Å². The first-order valence-corrected chi connectivity index (χ1v) is 8.80. The van der Waals surface area contributed by atoms with Gasteiger partial charge in [-0.25, -0.2) is 12.8 Å². The second kappa shape index (κ2) is 6.56. The Morgan fingerprint density at radius 2 is 2.00 bits per heavy atom. The molecule has 1 fully saturated rings. The van der Waals surface area contributed by atoms with Crippen molar-refractivity contribution in [3.63, 3.8) is 0 Å². The molecule has 0 unspecified atom stereocenters. The summed E-state index contributed by atoms with van der Waals surface area (Å²) in [6.07, 6.45) is 3.14. The highest BCUT2D eigenvalue weighted by Crippen LogP contribution is 2.25. The van der Waals surface area contributed by atoms with E-state index in [9.17, 15) is 17.6 Å². The van der Waals surface area contributed by atoms with Crippen molar-refractivity contribution in [3.05, 3.63) is 35.6 Å². The lowest BCUT2D eigenvalue weighted by Gasteiger charge is -2.19. The number of amides is 1. The molecule has 2 rings (SSSR count). The molecular formula is C15H20FNO3S. The molecule has 0 aromatic heterocycles. The fourth-order valence-corrected chi connectivity index (χ4v) is 4.50. The van der Waals surface area contributed by atoms with Crippen molar-refractivity contribution in [1.82, 2.24) is 4.90 Å². The molecule has 6 heteroatoms.